The lowest BCUT2D eigenvalue weighted by atomic mass is 10.2. The second-order valence-electron chi connectivity index (χ2n) is 5.35. The standard InChI is InChI=1S/C13H26N4O2/c1-11(2)8-15-12(18)9-16-13(19)10-17-6-3-4-14-5-7-17/h11,14H,3-10H2,1-2H3,(H,15,18)(H,16,19). The maximum atomic E-state index is 11.7. The van der Waals surface area contributed by atoms with Gasteiger partial charge in [0.2, 0.25) is 11.8 Å². The summed E-state index contributed by atoms with van der Waals surface area (Å²) in [6.45, 7) is 8.90. The molecule has 3 N–H and O–H groups in total. The fourth-order valence-electron chi connectivity index (χ4n) is 1.88. The first kappa shape index (κ1) is 15.9. The highest BCUT2D eigenvalue weighted by Crippen LogP contribution is 1.94. The van der Waals surface area contributed by atoms with Crippen molar-refractivity contribution in [2.75, 3.05) is 45.8 Å². The van der Waals surface area contributed by atoms with E-state index < -0.39 is 0 Å². The SMILES string of the molecule is CC(C)CNC(=O)CNC(=O)CN1CCCNCC1. The normalized spacial score (nSPS) is 17.0. The van der Waals surface area contributed by atoms with E-state index in [0.717, 1.165) is 32.6 Å². The average molecular weight is 270 g/mol. The van der Waals surface area contributed by atoms with Gasteiger partial charge in [0.1, 0.15) is 0 Å². The maximum Gasteiger partial charge on any atom is 0.239 e. The van der Waals surface area contributed by atoms with Crippen molar-refractivity contribution in [3.8, 4) is 0 Å². The van der Waals surface area contributed by atoms with E-state index in [9.17, 15) is 9.59 Å². The molecule has 0 spiro atoms. The van der Waals surface area contributed by atoms with Crippen molar-refractivity contribution in [2.24, 2.45) is 5.92 Å². The van der Waals surface area contributed by atoms with Crippen molar-refractivity contribution >= 4 is 11.8 Å². The zero-order chi connectivity index (χ0) is 14.1. The Morgan fingerprint density at radius 2 is 1.95 bits per heavy atom. The molecule has 1 rings (SSSR count). The molecule has 0 bridgehead atoms. The van der Waals surface area contributed by atoms with Crippen LogP contribution in [0.25, 0.3) is 0 Å². The summed E-state index contributed by atoms with van der Waals surface area (Å²) in [4.78, 5) is 25.3. The Morgan fingerprint density at radius 3 is 2.68 bits per heavy atom. The lowest BCUT2D eigenvalue weighted by Gasteiger charge is -2.18. The first-order valence-electron chi connectivity index (χ1n) is 7.04. The molecule has 1 aliphatic rings. The molecule has 0 aliphatic carbocycles. The van der Waals surface area contributed by atoms with E-state index in [1.165, 1.54) is 0 Å². The van der Waals surface area contributed by atoms with Crippen LogP contribution in [0.15, 0.2) is 0 Å². The highest BCUT2D eigenvalue weighted by molar-refractivity contribution is 5.85. The molecule has 19 heavy (non-hydrogen) atoms. The first-order valence-corrected chi connectivity index (χ1v) is 7.04. The minimum absolute atomic E-state index is 0.0671. The maximum absolute atomic E-state index is 11.7. The van der Waals surface area contributed by atoms with Crippen LogP contribution in [0.4, 0.5) is 0 Å². The second-order valence-corrected chi connectivity index (χ2v) is 5.35. The fourth-order valence-corrected chi connectivity index (χ4v) is 1.88. The van der Waals surface area contributed by atoms with E-state index in [-0.39, 0.29) is 18.4 Å². The van der Waals surface area contributed by atoms with Gasteiger partial charge < -0.3 is 16.0 Å². The number of nitrogens with zero attached hydrogens (tertiary/aromatic N) is 1. The zero-order valence-electron chi connectivity index (χ0n) is 12.0. The monoisotopic (exact) mass is 270 g/mol. The summed E-state index contributed by atoms with van der Waals surface area (Å²) in [7, 11) is 0. The third-order valence-corrected chi connectivity index (χ3v) is 2.95. The van der Waals surface area contributed by atoms with Crippen molar-refractivity contribution in [3.05, 3.63) is 0 Å². The Labute approximate surface area is 115 Å². The van der Waals surface area contributed by atoms with Gasteiger partial charge in [0.05, 0.1) is 13.1 Å². The number of hydrogen-bond donors (Lipinski definition) is 3. The molecule has 0 aromatic heterocycles. The summed E-state index contributed by atoms with van der Waals surface area (Å²) in [6, 6.07) is 0. The van der Waals surface area contributed by atoms with E-state index in [0.29, 0.717) is 19.0 Å². The van der Waals surface area contributed by atoms with E-state index in [2.05, 4.69) is 20.9 Å². The molecule has 6 heteroatoms. The van der Waals surface area contributed by atoms with Crippen LogP contribution in [0.1, 0.15) is 20.3 Å². The molecule has 2 amide bonds. The van der Waals surface area contributed by atoms with Crippen LogP contribution in [0.3, 0.4) is 0 Å². The van der Waals surface area contributed by atoms with Crippen molar-refractivity contribution in [1.29, 1.82) is 0 Å². The molecule has 6 nitrogen and oxygen atoms in total. The van der Waals surface area contributed by atoms with Crippen molar-refractivity contribution in [3.63, 3.8) is 0 Å². The van der Waals surface area contributed by atoms with Gasteiger partial charge in [-0.15, -0.1) is 0 Å². The minimum Gasteiger partial charge on any atom is -0.354 e. The Morgan fingerprint density at radius 1 is 1.16 bits per heavy atom. The Balaban J connectivity index is 2.14. The summed E-state index contributed by atoms with van der Waals surface area (Å²) >= 11 is 0. The van der Waals surface area contributed by atoms with Crippen molar-refractivity contribution in [1.82, 2.24) is 20.9 Å². The van der Waals surface area contributed by atoms with Gasteiger partial charge >= 0.3 is 0 Å². The van der Waals surface area contributed by atoms with Crippen molar-refractivity contribution < 1.29 is 9.59 Å². The molecule has 0 saturated carbocycles. The Bertz CT molecular complexity index is 286. The number of hydrogen-bond acceptors (Lipinski definition) is 4. The topological polar surface area (TPSA) is 73.5 Å². The molecule has 1 aliphatic heterocycles. The zero-order valence-corrected chi connectivity index (χ0v) is 12.0. The molecule has 110 valence electrons. The predicted molar refractivity (Wildman–Crippen MR) is 74.8 cm³/mol. The van der Waals surface area contributed by atoms with Gasteiger partial charge in [0.25, 0.3) is 0 Å². The average Bonchev–Trinajstić information content (AvgIpc) is 2.62. The van der Waals surface area contributed by atoms with Gasteiger partial charge in [0, 0.05) is 19.6 Å². The number of carbonyl (C=O) groups excluding carboxylic acids is 2. The fraction of sp³-hybridized carbons (Fsp3) is 0.846. The molecule has 0 aromatic carbocycles. The van der Waals surface area contributed by atoms with E-state index >= 15 is 0 Å². The van der Waals surface area contributed by atoms with Gasteiger partial charge in [-0.05, 0) is 25.4 Å². The lowest BCUT2D eigenvalue weighted by Crippen LogP contribution is -2.43. The van der Waals surface area contributed by atoms with Gasteiger partial charge in [-0.2, -0.15) is 0 Å². The first-order chi connectivity index (χ1) is 9.08. The smallest absolute Gasteiger partial charge is 0.239 e. The number of nitrogens with one attached hydrogen (secondary N) is 3. The van der Waals surface area contributed by atoms with Crippen LogP contribution in [0.2, 0.25) is 0 Å². The molecule has 0 aromatic rings. The second kappa shape index (κ2) is 8.87. The van der Waals surface area contributed by atoms with Gasteiger partial charge in [-0.25, -0.2) is 0 Å². The summed E-state index contributed by atoms with van der Waals surface area (Å²) in [5.41, 5.74) is 0. The molecule has 0 radical (unpaired) electrons. The number of amides is 2. The molecule has 1 saturated heterocycles. The third kappa shape index (κ3) is 7.79. The minimum atomic E-state index is -0.125. The van der Waals surface area contributed by atoms with Crippen LogP contribution in [0, 0.1) is 5.92 Å². The predicted octanol–water partition coefficient (Wildman–Crippen LogP) is -0.830. The molecular weight excluding hydrogens is 244 g/mol. The molecule has 0 atom stereocenters. The number of rotatable bonds is 6. The highest BCUT2D eigenvalue weighted by atomic mass is 16.2. The van der Waals surface area contributed by atoms with Gasteiger partial charge in [0.15, 0.2) is 0 Å². The van der Waals surface area contributed by atoms with Gasteiger partial charge in [-0.3, -0.25) is 14.5 Å². The summed E-state index contributed by atoms with van der Waals surface area (Å²) in [5.74, 6) is 0.213. The van der Waals surface area contributed by atoms with E-state index in [4.69, 9.17) is 0 Å². The van der Waals surface area contributed by atoms with Crippen LogP contribution in [-0.4, -0.2) is 62.5 Å². The molecule has 0 unspecified atom stereocenters. The Kier molecular flexibility index (Phi) is 7.43. The van der Waals surface area contributed by atoms with Crippen LogP contribution < -0.4 is 16.0 Å². The highest BCUT2D eigenvalue weighted by Gasteiger charge is 2.13. The van der Waals surface area contributed by atoms with Crippen LogP contribution in [-0.2, 0) is 9.59 Å². The number of carbonyl (C=O) groups is 2. The molecule has 1 heterocycles. The largest absolute Gasteiger partial charge is 0.354 e. The van der Waals surface area contributed by atoms with Crippen LogP contribution >= 0.6 is 0 Å². The third-order valence-electron chi connectivity index (χ3n) is 2.95. The summed E-state index contributed by atoms with van der Waals surface area (Å²) < 4.78 is 0. The Hall–Kier alpha value is -1.14. The summed E-state index contributed by atoms with van der Waals surface area (Å²) in [6.07, 6.45) is 1.06. The summed E-state index contributed by atoms with van der Waals surface area (Å²) in [5, 5.41) is 8.73. The quantitative estimate of drug-likeness (QED) is 0.589. The van der Waals surface area contributed by atoms with Crippen molar-refractivity contribution in [2.45, 2.75) is 20.3 Å². The van der Waals surface area contributed by atoms with E-state index in [1.54, 1.807) is 0 Å². The van der Waals surface area contributed by atoms with Gasteiger partial charge in [-0.1, -0.05) is 13.8 Å². The molecular formula is C13H26N4O2. The van der Waals surface area contributed by atoms with Crippen LogP contribution in [0.5, 0.6) is 0 Å². The van der Waals surface area contributed by atoms with E-state index in [1.807, 2.05) is 13.8 Å². The molecule has 1 fully saturated rings. The lowest BCUT2D eigenvalue weighted by molar-refractivity contribution is -0.126.